The Bertz CT molecular complexity index is 1460. The SMILES string of the molecule is Cc1cnc(Nc2ccc(-c3cnc(C4CCC(NC(=O)OC(C)C)CC4)s3)c(S(=O)(=O)C3CC3)c2)c(C)c1. The molecule has 0 saturated heterocycles. The van der Waals surface area contributed by atoms with E-state index in [9.17, 15) is 13.2 Å². The fraction of sp³-hybridized carbons (Fsp3) is 0.483. The van der Waals surface area contributed by atoms with E-state index in [4.69, 9.17) is 9.72 Å². The number of aromatic nitrogens is 2. The number of aryl methyl sites for hydroxylation is 2. The van der Waals surface area contributed by atoms with E-state index in [-0.39, 0.29) is 23.5 Å². The largest absolute Gasteiger partial charge is 0.447 e. The van der Waals surface area contributed by atoms with E-state index in [1.54, 1.807) is 23.6 Å². The van der Waals surface area contributed by atoms with Gasteiger partial charge >= 0.3 is 6.09 Å². The first-order valence-corrected chi connectivity index (χ1v) is 16.0. The lowest BCUT2D eigenvalue weighted by atomic mass is 9.86. The van der Waals surface area contributed by atoms with Crippen molar-refractivity contribution in [2.45, 2.75) is 94.4 Å². The van der Waals surface area contributed by atoms with Gasteiger partial charge in [0.05, 0.1) is 26.1 Å². The lowest BCUT2D eigenvalue weighted by Crippen LogP contribution is -2.38. The highest BCUT2D eigenvalue weighted by atomic mass is 32.2. The van der Waals surface area contributed by atoms with Crippen LogP contribution in [0.2, 0.25) is 0 Å². The van der Waals surface area contributed by atoms with Gasteiger partial charge in [-0.2, -0.15) is 0 Å². The van der Waals surface area contributed by atoms with Crippen LogP contribution in [0.1, 0.15) is 74.4 Å². The average Bonchev–Trinajstić information content (AvgIpc) is 3.64. The van der Waals surface area contributed by atoms with Crippen molar-refractivity contribution in [1.82, 2.24) is 15.3 Å². The molecule has 2 aliphatic carbocycles. The second-order valence-electron chi connectivity index (χ2n) is 11.0. The Kier molecular flexibility index (Phi) is 7.96. The highest BCUT2D eigenvalue weighted by Gasteiger charge is 2.39. The van der Waals surface area contributed by atoms with Crippen molar-refractivity contribution in [2.75, 3.05) is 5.32 Å². The van der Waals surface area contributed by atoms with E-state index in [0.29, 0.717) is 40.7 Å². The van der Waals surface area contributed by atoms with E-state index in [2.05, 4.69) is 15.6 Å². The van der Waals surface area contributed by atoms with Gasteiger partial charge in [-0.15, -0.1) is 11.3 Å². The first-order valence-electron chi connectivity index (χ1n) is 13.6. The van der Waals surface area contributed by atoms with Gasteiger partial charge in [0, 0.05) is 35.6 Å². The molecular formula is C29H36N4O4S2. The molecule has 2 heterocycles. The van der Waals surface area contributed by atoms with E-state index >= 15 is 0 Å². The summed E-state index contributed by atoms with van der Waals surface area (Å²) in [5.41, 5.74) is 3.48. The Balaban J connectivity index is 1.35. The van der Waals surface area contributed by atoms with E-state index in [1.165, 1.54) is 0 Å². The normalized spacial score (nSPS) is 19.6. The Hall–Kier alpha value is -2.98. The van der Waals surface area contributed by atoms with Crippen LogP contribution in [0.5, 0.6) is 0 Å². The number of ether oxygens (including phenoxy) is 1. The average molecular weight is 569 g/mol. The Morgan fingerprint density at radius 2 is 1.77 bits per heavy atom. The number of alkyl carbamates (subject to hydrolysis) is 1. The van der Waals surface area contributed by atoms with Crippen LogP contribution in [-0.4, -0.2) is 41.9 Å². The fourth-order valence-corrected chi connectivity index (χ4v) is 8.16. The van der Waals surface area contributed by atoms with E-state index < -0.39 is 9.84 Å². The number of hydrogen-bond donors (Lipinski definition) is 2. The Labute approximate surface area is 234 Å². The number of carbonyl (C=O) groups is 1. The monoisotopic (exact) mass is 568 g/mol. The molecule has 2 N–H and O–H groups in total. The molecule has 2 aliphatic rings. The molecule has 39 heavy (non-hydrogen) atoms. The molecule has 0 radical (unpaired) electrons. The molecular weight excluding hydrogens is 532 g/mol. The molecule has 3 aromatic rings. The van der Waals surface area contributed by atoms with Gasteiger partial charge in [-0.1, -0.05) is 12.1 Å². The van der Waals surface area contributed by atoms with Crippen molar-refractivity contribution in [1.29, 1.82) is 0 Å². The molecule has 2 saturated carbocycles. The second kappa shape index (κ2) is 11.3. The number of carbonyl (C=O) groups excluding carboxylic acids is 1. The summed E-state index contributed by atoms with van der Waals surface area (Å²) >= 11 is 1.57. The van der Waals surface area contributed by atoms with E-state index in [0.717, 1.165) is 46.7 Å². The number of thiazole rings is 1. The topological polar surface area (TPSA) is 110 Å². The van der Waals surface area contributed by atoms with Crippen LogP contribution in [0.25, 0.3) is 10.4 Å². The number of rotatable bonds is 8. The maximum Gasteiger partial charge on any atom is 0.407 e. The van der Waals surface area contributed by atoms with Gasteiger partial charge in [0.25, 0.3) is 0 Å². The second-order valence-corrected chi connectivity index (χ2v) is 14.2. The summed E-state index contributed by atoms with van der Waals surface area (Å²) in [6.07, 6.45) is 8.06. The summed E-state index contributed by atoms with van der Waals surface area (Å²) in [6, 6.07) is 7.70. The molecule has 0 atom stereocenters. The quantitative estimate of drug-likeness (QED) is 0.312. The molecule has 2 fully saturated rings. The minimum Gasteiger partial charge on any atom is -0.447 e. The Morgan fingerprint density at radius 3 is 2.44 bits per heavy atom. The zero-order valence-electron chi connectivity index (χ0n) is 22.9. The predicted octanol–water partition coefficient (Wildman–Crippen LogP) is 6.66. The zero-order valence-corrected chi connectivity index (χ0v) is 24.5. The highest BCUT2D eigenvalue weighted by molar-refractivity contribution is 7.92. The summed E-state index contributed by atoms with van der Waals surface area (Å²) in [4.78, 5) is 22.4. The van der Waals surface area contributed by atoms with Crippen molar-refractivity contribution < 1.29 is 17.9 Å². The third-order valence-corrected chi connectivity index (χ3v) is 10.8. The van der Waals surface area contributed by atoms with Gasteiger partial charge < -0.3 is 15.4 Å². The molecule has 0 spiro atoms. The molecule has 1 aromatic carbocycles. The molecule has 0 unspecified atom stereocenters. The summed E-state index contributed by atoms with van der Waals surface area (Å²) in [6.45, 7) is 7.65. The van der Waals surface area contributed by atoms with Gasteiger partial charge in [0.2, 0.25) is 0 Å². The van der Waals surface area contributed by atoms with Crippen LogP contribution < -0.4 is 10.6 Å². The van der Waals surface area contributed by atoms with Crippen molar-refractivity contribution >= 4 is 38.8 Å². The molecule has 5 rings (SSSR count). The standard InChI is InChI=1S/C29H36N4O4S2/c1-17(2)37-29(34)33-21-7-5-20(6-8-21)28-31-16-25(38-28)24-12-9-22(14-26(24)39(35,36)23-10-11-23)32-27-19(4)13-18(3)15-30-27/h9,12-17,20-21,23H,5-8,10-11H2,1-4H3,(H,30,32)(H,33,34). The number of nitrogens with one attached hydrogen (secondary N) is 2. The third-order valence-electron chi connectivity index (χ3n) is 7.26. The van der Waals surface area contributed by atoms with Crippen molar-refractivity contribution in [3.63, 3.8) is 0 Å². The Morgan fingerprint density at radius 1 is 1.03 bits per heavy atom. The number of anilines is 2. The first-order chi connectivity index (χ1) is 18.6. The lowest BCUT2D eigenvalue weighted by molar-refractivity contribution is 0.109. The van der Waals surface area contributed by atoms with Crippen LogP contribution in [0.4, 0.5) is 16.3 Å². The van der Waals surface area contributed by atoms with Gasteiger partial charge in [0.15, 0.2) is 9.84 Å². The smallest absolute Gasteiger partial charge is 0.407 e. The fourth-order valence-electron chi connectivity index (χ4n) is 5.08. The number of amides is 1. The third kappa shape index (κ3) is 6.44. The number of sulfone groups is 1. The van der Waals surface area contributed by atoms with Crippen LogP contribution in [0.3, 0.4) is 0 Å². The van der Waals surface area contributed by atoms with Gasteiger partial charge in [-0.05, 0) is 89.5 Å². The maximum atomic E-state index is 13.5. The number of hydrogen-bond acceptors (Lipinski definition) is 8. The summed E-state index contributed by atoms with van der Waals surface area (Å²) in [5.74, 6) is 1.01. The molecule has 208 valence electrons. The number of pyridine rings is 1. The zero-order chi connectivity index (χ0) is 27.7. The van der Waals surface area contributed by atoms with Crippen molar-refractivity contribution in [3.8, 4) is 10.4 Å². The summed E-state index contributed by atoms with van der Waals surface area (Å²) in [5, 5.41) is 6.98. The van der Waals surface area contributed by atoms with Gasteiger partial charge in [-0.3, -0.25) is 0 Å². The summed E-state index contributed by atoms with van der Waals surface area (Å²) < 4.78 is 32.2. The summed E-state index contributed by atoms with van der Waals surface area (Å²) in [7, 11) is -3.45. The molecule has 10 heteroatoms. The van der Waals surface area contributed by atoms with Gasteiger partial charge in [-0.25, -0.2) is 23.2 Å². The number of nitrogens with zero attached hydrogens (tertiary/aromatic N) is 2. The van der Waals surface area contributed by atoms with E-state index in [1.807, 2.05) is 52.1 Å². The van der Waals surface area contributed by atoms with Crippen molar-refractivity contribution in [3.05, 3.63) is 52.8 Å². The molecule has 0 aliphatic heterocycles. The maximum absolute atomic E-state index is 13.5. The van der Waals surface area contributed by atoms with Crippen LogP contribution in [-0.2, 0) is 14.6 Å². The first kappa shape index (κ1) is 27.6. The van der Waals surface area contributed by atoms with Crippen LogP contribution >= 0.6 is 11.3 Å². The van der Waals surface area contributed by atoms with Gasteiger partial charge in [0.1, 0.15) is 5.82 Å². The number of benzene rings is 1. The van der Waals surface area contributed by atoms with Crippen LogP contribution in [0.15, 0.2) is 41.6 Å². The molecule has 1 amide bonds. The molecule has 0 bridgehead atoms. The highest BCUT2D eigenvalue weighted by Crippen LogP contribution is 2.43. The van der Waals surface area contributed by atoms with Crippen molar-refractivity contribution in [2.24, 2.45) is 0 Å². The lowest BCUT2D eigenvalue weighted by Gasteiger charge is -2.28. The van der Waals surface area contributed by atoms with Crippen LogP contribution in [0, 0.1) is 13.8 Å². The molecule has 8 nitrogen and oxygen atoms in total. The minimum atomic E-state index is -3.45. The predicted molar refractivity (Wildman–Crippen MR) is 155 cm³/mol. The minimum absolute atomic E-state index is 0.105. The molecule has 2 aromatic heterocycles.